The molecule has 4 heteroatoms. The van der Waals surface area contributed by atoms with Crippen molar-refractivity contribution in [3.8, 4) is 0 Å². The molecule has 4 nitrogen and oxygen atoms in total. The van der Waals surface area contributed by atoms with E-state index < -0.39 is 0 Å². The van der Waals surface area contributed by atoms with Crippen molar-refractivity contribution in [2.75, 3.05) is 13.1 Å². The highest BCUT2D eigenvalue weighted by Gasteiger charge is 2.30. The SMILES string of the molecule is CC(=O)N1CCC(NC(=O)C2CCC2)C1. The van der Waals surface area contributed by atoms with Crippen LogP contribution in [0.4, 0.5) is 0 Å². The van der Waals surface area contributed by atoms with E-state index in [-0.39, 0.29) is 23.8 Å². The second-order valence-corrected chi connectivity index (χ2v) is 4.59. The number of likely N-dealkylation sites (tertiary alicyclic amines) is 1. The average Bonchev–Trinajstić information content (AvgIpc) is 2.48. The van der Waals surface area contributed by atoms with Crippen LogP contribution in [0.1, 0.15) is 32.6 Å². The molecule has 0 aromatic heterocycles. The predicted molar refractivity (Wildman–Crippen MR) is 56.1 cm³/mol. The summed E-state index contributed by atoms with van der Waals surface area (Å²) in [5, 5.41) is 3.03. The zero-order valence-corrected chi connectivity index (χ0v) is 9.16. The van der Waals surface area contributed by atoms with Gasteiger partial charge in [0.15, 0.2) is 0 Å². The summed E-state index contributed by atoms with van der Waals surface area (Å²) in [5.41, 5.74) is 0. The van der Waals surface area contributed by atoms with Crippen molar-refractivity contribution in [1.82, 2.24) is 10.2 Å². The number of hydrogen-bond donors (Lipinski definition) is 1. The van der Waals surface area contributed by atoms with Gasteiger partial charge in [-0.05, 0) is 19.3 Å². The number of hydrogen-bond acceptors (Lipinski definition) is 2. The van der Waals surface area contributed by atoms with E-state index in [0.717, 1.165) is 25.8 Å². The Morgan fingerprint density at radius 1 is 1.27 bits per heavy atom. The molecule has 2 rings (SSSR count). The third-order valence-electron chi connectivity index (χ3n) is 3.46. The first-order valence-corrected chi connectivity index (χ1v) is 5.72. The molecule has 2 amide bonds. The monoisotopic (exact) mass is 210 g/mol. The van der Waals surface area contributed by atoms with Crippen LogP contribution in [0, 0.1) is 5.92 Å². The van der Waals surface area contributed by atoms with Crippen molar-refractivity contribution in [1.29, 1.82) is 0 Å². The van der Waals surface area contributed by atoms with Crippen LogP contribution in [0.2, 0.25) is 0 Å². The first kappa shape index (κ1) is 10.5. The molecule has 1 heterocycles. The third-order valence-corrected chi connectivity index (χ3v) is 3.46. The molecular formula is C11H18N2O2. The molecule has 1 unspecified atom stereocenters. The van der Waals surface area contributed by atoms with E-state index in [0.29, 0.717) is 6.54 Å². The molecule has 1 saturated heterocycles. The lowest BCUT2D eigenvalue weighted by atomic mass is 9.84. The Morgan fingerprint density at radius 2 is 2.00 bits per heavy atom. The highest BCUT2D eigenvalue weighted by molar-refractivity contribution is 5.80. The number of rotatable bonds is 2. The zero-order valence-electron chi connectivity index (χ0n) is 9.16. The Kier molecular flexibility index (Phi) is 2.93. The van der Waals surface area contributed by atoms with Crippen molar-refractivity contribution in [3.05, 3.63) is 0 Å². The van der Waals surface area contributed by atoms with Crippen LogP contribution in [0.15, 0.2) is 0 Å². The van der Waals surface area contributed by atoms with Gasteiger partial charge in [0, 0.05) is 32.0 Å². The average molecular weight is 210 g/mol. The smallest absolute Gasteiger partial charge is 0.223 e. The Bertz CT molecular complexity index is 274. The van der Waals surface area contributed by atoms with Gasteiger partial charge in [-0.25, -0.2) is 0 Å². The second-order valence-electron chi connectivity index (χ2n) is 4.59. The summed E-state index contributed by atoms with van der Waals surface area (Å²) < 4.78 is 0. The van der Waals surface area contributed by atoms with Crippen molar-refractivity contribution in [3.63, 3.8) is 0 Å². The number of nitrogens with one attached hydrogen (secondary N) is 1. The number of carbonyl (C=O) groups is 2. The summed E-state index contributed by atoms with van der Waals surface area (Å²) in [6.45, 7) is 3.05. The third kappa shape index (κ3) is 2.30. The molecule has 1 aliphatic carbocycles. The van der Waals surface area contributed by atoms with Crippen molar-refractivity contribution < 1.29 is 9.59 Å². The van der Waals surface area contributed by atoms with Gasteiger partial charge in [0.2, 0.25) is 11.8 Å². The molecule has 0 radical (unpaired) electrons. The summed E-state index contributed by atoms with van der Waals surface area (Å²) in [4.78, 5) is 24.5. The highest BCUT2D eigenvalue weighted by atomic mass is 16.2. The van der Waals surface area contributed by atoms with Gasteiger partial charge >= 0.3 is 0 Å². The molecule has 0 aromatic carbocycles. The van der Waals surface area contributed by atoms with Crippen LogP contribution in [0.25, 0.3) is 0 Å². The van der Waals surface area contributed by atoms with E-state index in [2.05, 4.69) is 5.32 Å². The van der Waals surface area contributed by atoms with Gasteiger partial charge < -0.3 is 10.2 Å². The summed E-state index contributed by atoms with van der Waals surface area (Å²) in [6.07, 6.45) is 4.16. The maximum atomic E-state index is 11.6. The Morgan fingerprint density at radius 3 is 2.47 bits per heavy atom. The minimum Gasteiger partial charge on any atom is -0.351 e. The summed E-state index contributed by atoms with van der Waals surface area (Å²) in [6, 6.07) is 0.182. The largest absolute Gasteiger partial charge is 0.351 e. The fourth-order valence-corrected chi connectivity index (χ4v) is 2.15. The number of nitrogens with zero attached hydrogens (tertiary/aromatic N) is 1. The lowest BCUT2D eigenvalue weighted by Gasteiger charge is -2.26. The first-order chi connectivity index (χ1) is 7.16. The number of amides is 2. The molecule has 1 aliphatic heterocycles. The van der Waals surface area contributed by atoms with E-state index >= 15 is 0 Å². The highest BCUT2D eigenvalue weighted by Crippen LogP contribution is 2.26. The standard InChI is InChI=1S/C11H18N2O2/c1-8(14)13-6-5-10(7-13)12-11(15)9-3-2-4-9/h9-10H,2-7H2,1H3,(H,12,15). The molecule has 84 valence electrons. The van der Waals surface area contributed by atoms with Crippen LogP contribution in [-0.4, -0.2) is 35.8 Å². The van der Waals surface area contributed by atoms with Gasteiger partial charge in [0.1, 0.15) is 0 Å². The van der Waals surface area contributed by atoms with Gasteiger partial charge in [-0.2, -0.15) is 0 Å². The summed E-state index contributed by atoms with van der Waals surface area (Å²) in [5.74, 6) is 0.545. The zero-order chi connectivity index (χ0) is 10.8. The molecule has 0 spiro atoms. The molecule has 0 aromatic rings. The van der Waals surface area contributed by atoms with E-state index in [4.69, 9.17) is 0 Å². The minimum absolute atomic E-state index is 0.107. The summed E-state index contributed by atoms with van der Waals surface area (Å²) >= 11 is 0. The van der Waals surface area contributed by atoms with Gasteiger partial charge in [-0.3, -0.25) is 9.59 Å². The molecule has 1 N–H and O–H groups in total. The lowest BCUT2D eigenvalue weighted by Crippen LogP contribution is -2.42. The minimum atomic E-state index is 0.107. The normalized spacial score (nSPS) is 26.2. The molecule has 2 aliphatic rings. The van der Waals surface area contributed by atoms with Crippen LogP contribution < -0.4 is 5.32 Å². The Hall–Kier alpha value is -1.06. The van der Waals surface area contributed by atoms with Gasteiger partial charge in [0.05, 0.1) is 0 Å². The van der Waals surface area contributed by atoms with Gasteiger partial charge in [0.25, 0.3) is 0 Å². The van der Waals surface area contributed by atoms with Crippen LogP contribution in [0.5, 0.6) is 0 Å². The molecular weight excluding hydrogens is 192 g/mol. The fraction of sp³-hybridized carbons (Fsp3) is 0.818. The van der Waals surface area contributed by atoms with Crippen molar-refractivity contribution in [2.45, 2.75) is 38.6 Å². The van der Waals surface area contributed by atoms with Crippen LogP contribution in [-0.2, 0) is 9.59 Å². The molecule has 2 fully saturated rings. The Labute approximate surface area is 90.0 Å². The van der Waals surface area contributed by atoms with Gasteiger partial charge in [-0.15, -0.1) is 0 Å². The topological polar surface area (TPSA) is 49.4 Å². The van der Waals surface area contributed by atoms with Crippen molar-refractivity contribution >= 4 is 11.8 Å². The quantitative estimate of drug-likeness (QED) is 0.722. The van der Waals surface area contributed by atoms with Crippen LogP contribution in [0.3, 0.4) is 0 Å². The lowest BCUT2D eigenvalue weighted by molar-refractivity contribution is -0.130. The number of carbonyl (C=O) groups excluding carboxylic acids is 2. The van der Waals surface area contributed by atoms with Gasteiger partial charge in [-0.1, -0.05) is 6.42 Å². The van der Waals surface area contributed by atoms with E-state index in [1.54, 1.807) is 11.8 Å². The van der Waals surface area contributed by atoms with E-state index in [1.165, 1.54) is 6.42 Å². The van der Waals surface area contributed by atoms with E-state index in [1.807, 2.05) is 0 Å². The predicted octanol–water partition coefficient (Wildman–Crippen LogP) is 0.523. The van der Waals surface area contributed by atoms with E-state index in [9.17, 15) is 9.59 Å². The maximum absolute atomic E-state index is 11.6. The second kappa shape index (κ2) is 4.21. The molecule has 15 heavy (non-hydrogen) atoms. The molecule has 0 bridgehead atoms. The summed E-state index contributed by atoms with van der Waals surface area (Å²) in [7, 11) is 0. The molecule has 1 saturated carbocycles. The fourth-order valence-electron chi connectivity index (χ4n) is 2.15. The Balaban J connectivity index is 1.76. The van der Waals surface area contributed by atoms with Crippen LogP contribution >= 0.6 is 0 Å². The molecule has 1 atom stereocenters. The maximum Gasteiger partial charge on any atom is 0.223 e. The first-order valence-electron chi connectivity index (χ1n) is 5.72. The van der Waals surface area contributed by atoms with Crippen molar-refractivity contribution in [2.24, 2.45) is 5.92 Å².